The van der Waals surface area contributed by atoms with E-state index < -0.39 is 0 Å². The number of ether oxygens (including phenoxy) is 2. The van der Waals surface area contributed by atoms with E-state index in [4.69, 9.17) is 9.47 Å². The van der Waals surface area contributed by atoms with Gasteiger partial charge in [0.15, 0.2) is 0 Å². The van der Waals surface area contributed by atoms with E-state index in [9.17, 15) is 4.79 Å². The highest BCUT2D eigenvalue weighted by Crippen LogP contribution is 2.26. The molecule has 1 amide bonds. The molecule has 132 valence electrons. The Labute approximate surface area is 156 Å². The number of rotatable bonds is 7. The zero-order valence-corrected chi connectivity index (χ0v) is 16.0. The van der Waals surface area contributed by atoms with Crippen molar-refractivity contribution in [3.05, 3.63) is 58.1 Å². The Bertz CT molecular complexity index is 743. The SMILES string of the molecule is COc1ccc(C(=O)N/N=C\c2ccc(OCC(C)C)c(Br)c2)cc1. The van der Waals surface area contributed by atoms with Gasteiger partial charge in [0.2, 0.25) is 0 Å². The van der Waals surface area contributed by atoms with E-state index in [1.807, 2.05) is 18.2 Å². The molecule has 2 aromatic carbocycles. The minimum Gasteiger partial charge on any atom is -0.497 e. The average molecular weight is 405 g/mol. The molecule has 25 heavy (non-hydrogen) atoms. The number of hydrazone groups is 1. The first kappa shape index (κ1) is 19.0. The van der Waals surface area contributed by atoms with Gasteiger partial charge in [-0.25, -0.2) is 5.43 Å². The summed E-state index contributed by atoms with van der Waals surface area (Å²) in [7, 11) is 1.58. The van der Waals surface area contributed by atoms with Crippen LogP contribution in [0, 0.1) is 5.92 Å². The smallest absolute Gasteiger partial charge is 0.271 e. The van der Waals surface area contributed by atoms with E-state index in [-0.39, 0.29) is 5.91 Å². The Morgan fingerprint density at radius 1 is 1.24 bits per heavy atom. The number of amides is 1. The second-order valence-electron chi connectivity index (χ2n) is 5.82. The molecule has 0 atom stereocenters. The number of hydrogen-bond acceptors (Lipinski definition) is 4. The molecular weight excluding hydrogens is 384 g/mol. The Morgan fingerprint density at radius 2 is 1.96 bits per heavy atom. The molecule has 0 saturated heterocycles. The highest BCUT2D eigenvalue weighted by atomic mass is 79.9. The summed E-state index contributed by atoms with van der Waals surface area (Å²) < 4.78 is 11.6. The number of hydrogen-bond donors (Lipinski definition) is 1. The summed E-state index contributed by atoms with van der Waals surface area (Å²) in [5, 5.41) is 3.99. The molecule has 0 aromatic heterocycles. The van der Waals surface area contributed by atoms with Crippen LogP contribution in [-0.2, 0) is 0 Å². The summed E-state index contributed by atoms with van der Waals surface area (Å²) in [6.07, 6.45) is 1.58. The lowest BCUT2D eigenvalue weighted by molar-refractivity contribution is 0.0955. The fourth-order valence-corrected chi connectivity index (χ4v) is 2.45. The van der Waals surface area contributed by atoms with Gasteiger partial charge in [-0.3, -0.25) is 4.79 Å². The van der Waals surface area contributed by atoms with Gasteiger partial charge in [0.25, 0.3) is 5.91 Å². The third kappa shape index (κ3) is 5.90. The van der Waals surface area contributed by atoms with Crippen LogP contribution < -0.4 is 14.9 Å². The summed E-state index contributed by atoms with van der Waals surface area (Å²) in [6.45, 7) is 4.85. The van der Waals surface area contributed by atoms with Crippen molar-refractivity contribution < 1.29 is 14.3 Å². The van der Waals surface area contributed by atoms with Crippen LogP contribution in [0.15, 0.2) is 52.0 Å². The molecule has 0 saturated carbocycles. The highest BCUT2D eigenvalue weighted by Gasteiger charge is 2.05. The molecule has 0 heterocycles. The summed E-state index contributed by atoms with van der Waals surface area (Å²) in [5.41, 5.74) is 3.86. The van der Waals surface area contributed by atoms with Crippen LogP contribution in [0.2, 0.25) is 0 Å². The maximum Gasteiger partial charge on any atom is 0.271 e. The second kappa shape index (κ2) is 9.22. The number of carbonyl (C=O) groups excluding carboxylic acids is 1. The standard InChI is InChI=1S/C19H21BrN2O3/c1-13(2)12-25-18-9-4-14(10-17(18)20)11-21-22-19(23)15-5-7-16(24-3)8-6-15/h4-11,13H,12H2,1-3H3,(H,22,23)/b21-11-. The molecule has 5 nitrogen and oxygen atoms in total. The molecule has 2 aromatic rings. The minimum atomic E-state index is -0.283. The summed E-state index contributed by atoms with van der Waals surface area (Å²) in [6, 6.07) is 12.5. The molecule has 0 fully saturated rings. The molecule has 0 radical (unpaired) electrons. The first-order chi connectivity index (χ1) is 12.0. The minimum absolute atomic E-state index is 0.283. The van der Waals surface area contributed by atoms with Gasteiger partial charge in [-0.05, 0) is 69.9 Å². The number of methoxy groups -OCH3 is 1. The third-order valence-electron chi connectivity index (χ3n) is 3.26. The monoisotopic (exact) mass is 404 g/mol. The normalized spacial score (nSPS) is 10.9. The fourth-order valence-electron chi connectivity index (χ4n) is 1.94. The summed E-state index contributed by atoms with van der Waals surface area (Å²) in [5.74, 6) is 1.66. The molecule has 0 aliphatic heterocycles. The quantitative estimate of drug-likeness (QED) is 0.553. The van der Waals surface area contributed by atoms with Gasteiger partial charge in [-0.15, -0.1) is 0 Å². The predicted molar refractivity (Wildman–Crippen MR) is 103 cm³/mol. The van der Waals surface area contributed by atoms with Crippen molar-refractivity contribution in [2.24, 2.45) is 11.0 Å². The van der Waals surface area contributed by atoms with Crippen LogP contribution in [0.3, 0.4) is 0 Å². The fraction of sp³-hybridized carbons (Fsp3) is 0.263. The van der Waals surface area contributed by atoms with Gasteiger partial charge in [0, 0.05) is 5.56 Å². The summed E-state index contributed by atoms with van der Waals surface area (Å²) in [4.78, 5) is 12.0. The Hall–Kier alpha value is -2.34. The van der Waals surface area contributed by atoms with Crippen LogP contribution >= 0.6 is 15.9 Å². The van der Waals surface area contributed by atoms with Crippen molar-refractivity contribution >= 4 is 28.1 Å². The van der Waals surface area contributed by atoms with Gasteiger partial charge in [-0.2, -0.15) is 5.10 Å². The average Bonchev–Trinajstić information content (AvgIpc) is 2.61. The van der Waals surface area contributed by atoms with Crippen molar-refractivity contribution in [2.75, 3.05) is 13.7 Å². The second-order valence-corrected chi connectivity index (χ2v) is 6.68. The van der Waals surface area contributed by atoms with Crippen molar-refractivity contribution in [2.45, 2.75) is 13.8 Å². The van der Waals surface area contributed by atoms with E-state index in [0.717, 1.165) is 15.8 Å². The number of halogens is 1. The van der Waals surface area contributed by atoms with Crippen LogP contribution in [0.25, 0.3) is 0 Å². The van der Waals surface area contributed by atoms with E-state index in [0.29, 0.717) is 23.8 Å². The molecule has 0 aliphatic carbocycles. The zero-order valence-electron chi connectivity index (χ0n) is 14.5. The predicted octanol–water partition coefficient (Wildman–Crippen LogP) is 4.26. The summed E-state index contributed by atoms with van der Waals surface area (Å²) >= 11 is 3.48. The highest BCUT2D eigenvalue weighted by molar-refractivity contribution is 9.10. The molecule has 6 heteroatoms. The first-order valence-corrected chi connectivity index (χ1v) is 8.68. The number of nitrogens with one attached hydrogen (secondary N) is 1. The van der Waals surface area contributed by atoms with Gasteiger partial charge < -0.3 is 9.47 Å². The maximum atomic E-state index is 12.0. The number of nitrogens with zero attached hydrogens (tertiary/aromatic N) is 1. The lowest BCUT2D eigenvalue weighted by Crippen LogP contribution is -2.17. The van der Waals surface area contributed by atoms with Gasteiger partial charge >= 0.3 is 0 Å². The number of benzene rings is 2. The first-order valence-electron chi connectivity index (χ1n) is 7.89. The van der Waals surface area contributed by atoms with E-state index in [1.54, 1.807) is 37.6 Å². The van der Waals surface area contributed by atoms with Crippen LogP contribution in [-0.4, -0.2) is 25.8 Å². The van der Waals surface area contributed by atoms with Gasteiger partial charge in [-0.1, -0.05) is 13.8 Å². The Kier molecular flexibility index (Phi) is 7.01. The van der Waals surface area contributed by atoms with E-state index in [2.05, 4.69) is 40.3 Å². The maximum absolute atomic E-state index is 12.0. The van der Waals surface area contributed by atoms with Crippen LogP contribution in [0.1, 0.15) is 29.8 Å². The van der Waals surface area contributed by atoms with E-state index >= 15 is 0 Å². The Balaban J connectivity index is 1.94. The molecule has 0 aliphatic rings. The van der Waals surface area contributed by atoms with E-state index in [1.165, 1.54) is 0 Å². The molecule has 2 rings (SSSR count). The lowest BCUT2D eigenvalue weighted by atomic mass is 10.2. The van der Waals surface area contributed by atoms with Crippen LogP contribution in [0.5, 0.6) is 11.5 Å². The molecule has 0 spiro atoms. The Morgan fingerprint density at radius 3 is 2.56 bits per heavy atom. The van der Waals surface area contributed by atoms with Gasteiger partial charge in [0.1, 0.15) is 11.5 Å². The van der Waals surface area contributed by atoms with Crippen molar-refractivity contribution in [3.63, 3.8) is 0 Å². The largest absolute Gasteiger partial charge is 0.497 e. The van der Waals surface area contributed by atoms with Crippen molar-refractivity contribution in [1.82, 2.24) is 5.43 Å². The topological polar surface area (TPSA) is 59.9 Å². The van der Waals surface area contributed by atoms with Gasteiger partial charge in [0.05, 0.1) is 24.4 Å². The molecular formula is C19H21BrN2O3. The number of carbonyl (C=O) groups is 1. The molecule has 0 unspecified atom stereocenters. The third-order valence-corrected chi connectivity index (χ3v) is 3.88. The van der Waals surface area contributed by atoms with Crippen molar-refractivity contribution in [1.29, 1.82) is 0 Å². The molecule has 1 N–H and O–H groups in total. The molecule has 0 bridgehead atoms. The lowest BCUT2D eigenvalue weighted by Gasteiger charge is -2.10. The van der Waals surface area contributed by atoms with Crippen LogP contribution in [0.4, 0.5) is 0 Å². The zero-order chi connectivity index (χ0) is 18.2. The van der Waals surface area contributed by atoms with Crippen molar-refractivity contribution in [3.8, 4) is 11.5 Å².